The molecule has 1 aromatic carbocycles. The van der Waals surface area contributed by atoms with Gasteiger partial charge in [0.15, 0.2) is 6.29 Å². The summed E-state index contributed by atoms with van der Waals surface area (Å²) in [4.78, 5) is 24.0. The van der Waals surface area contributed by atoms with Crippen molar-refractivity contribution in [2.75, 3.05) is 18.4 Å². The van der Waals surface area contributed by atoms with Crippen LogP contribution in [0.15, 0.2) is 47.6 Å². The van der Waals surface area contributed by atoms with Gasteiger partial charge < -0.3 is 10.2 Å². The van der Waals surface area contributed by atoms with Gasteiger partial charge in [-0.1, -0.05) is 18.2 Å². The highest BCUT2D eigenvalue weighted by Gasteiger charge is 2.53. The topological polar surface area (TPSA) is 109 Å². The lowest BCUT2D eigenvalue weighted by Gasteiger charge is -2.35. The minimum Gasteiger partial charge on any atom is -0.325 e. The number of rotatable bonds is 5. The van der Waals surface area contributed by atoms with E-state index in [0.717, 1.165) is 6.07 Å². The molecule has 2 aromatic rings. The standard InChI is InChI=1S/C18H18F2N4O4S/c19-18(20,29(27,28)16-4-2-1-3-13(16)12-25)14-6-9-24(10-7-14)17(26)23-15-5-8-21-22-11-15/h1-5,8,11-12,14H,6-7,9-10H2,(H,21,23,26). The number of sulfone groups is 1. The number of hydrogen-bond acceptors (Lipinski definition) is 6. The lowest BCUT2D eigenvalue weighted by molar-refractivity contribution is 0.000406. The fourth-order valence-corrected chi connectivity index (χ4v) is 4.83. The lowest BCUT2D eigenvalue weighted by atomic mass is 9.97. The minimum atomic E-state index is -5.07. The number of anilines is 1. The Morgan fingerprint density at radius 2 is 1.86 bits per heavy atom. The second kappa shape index (κ2) is 8.19. The van der Waals surface area contributed by atoms with E-state index in [1.165, 1.54) is 41.6 Å². The fraction of sp³-hybridized carbons (Fsp3) is 0.333. The van der Waals surface area contributed by atoms with Crippen LogP contribution < -0.4 is 5.32 Å². The molecule has 0 aliphatic carbocycles. The van der Waals surface area contributed by atoms with Gasteiger partial charge in [-0.25, -0.2) is 13.2 Å². The van der Waals surface area contributed by atoms with E-state index >= 15 is 0 Å². The van der Waals surface area contributed by atoms with E-state index in [2.05, 4.69) is 15.5 Å². The van der Waals surface area contributed by atoms with E-state index in [-0.39, 0.29) is 37.8 Å². The molecular formula is C18H18F2N4O4S. The molecule has 1 aliphatic rings. The number of hydrogen-bond donors (Lipinski definition) is 1. The summed E-state index contributed by atoms with van der Waals surface area (Å²) < 4.78 is 55.0. The normalized spacial score (nSPS) is 15.7. The summed E-state index contributed by atoms with van der Waals surface area (Å²) in [5.74, 6) is -1.47. The van der Waals surface area contributed by atoms with Crippen LogP contribution in [-0.2, 0) is 9.84 Å². The van der Waals surface area contributed by atoms with Crippen LogP contribution in [-0.4, -0.2) is 54.2 Å². The minimum absolute atomic E-state index is 0.0323. The predicted molar refractivity (Wildman–Crippen MR) is 99.3 cm³/mol. The number of nitrogens with one attached hydrogen (secondary N) is 1. The molecule has 2 heterocycles. The third-order valence-corrected chi connectivity index (χ3v) is 6.79. The van der Waals surface area contributed by atoms with Crippen LogP contribution in [0.2, 0.25) is 0 Å². The molecule has 0 atom stereocenters. The number of nitrogens with zero attached hydrogens (tertiary/aromatic N) is 3. The second-order valence-corrected chi connectivity index (χ2v) is 8.53. The molecule has 1 fully saturated rings. The van der Waals surface area contributed by atoms with Gasteiger partial charge in [-0.05, 0) is 25.0 Å². The molecule has 11 heteroatoms. The van der Waals surface area contributed by atoms with Crippen LogP contribution in [0.25, 0.3) is 0 Å². The highest BCUT2D eigenvalue weighted by Crippen LogP contribution is 2.41. The zero-order chi connectivity index (χ0) is 21.1. The Morgan fingerprint density at radius 3 is 2.48 bits per heavy atom. The van der Waals surface area contributed by atoms with Gasteiger partial charge >= 0.3 is 11.3 Å². The molecule has 154 valence electrons. The second-order valence-electron chi connectivity index (χ2n) is 6.54. The summed E-state index contributed by atoms with van der Waals surface area (Å²) >= 11 is 0. The Labute approximate surface area is 165 Å². The first-order valence-electron chi connectivity index (χ1n) is 8.76. The number of piperidine rings is 1. The van der Waals surface area contributed by atoms with Crippen LogP contribution >= 0.6 is 0 Å². The molecule has 29 heavy (non-hydrogen) atoms. The third kappa shape index (κ3) is 4.09. The van der Waals surface area contributed by atoms with Crippen molar-refractivity contribution in [3.8, 4) is 0 Å². The van der Waals surface area contributed by atoms with E-state index in [1.54, 1.807) is 0 Å². The molecule has 2 amide bonds. The summed E-state index contributed by atoms with van der Waals surface area (Å²) in [6.07, 6.45) is 2.58. The maximum atomic E-state index is 14.9. The van der Waals surface area contributed by atoms with Gasteiger partial charge in [0.05, 0.1) is 23.0 Å². The van der Waals surface area contributed by atoms with Crippen molar-refractivity contribution < 1.29 is 26.8 Å². The predicted octanol–water partition coefficient (Wildman–Crippen LogP) is 2.60. The molecule has 3 rings (SSSR count). The number of urea groups is 1. The Balaban J connectivity index is 1.70. The van der Waals surface area contributed by atoms with E-state index in [0.29, 0.717) is 5.69 Å². The Bertz CT molecular complexity index is 994. The highest BCUT2D eigenvalue weighted by molar-refractivity contribution is 7.92. The summed E-state index contributed by atoms with van der Waals surface area (Å²) in [7, 11) is -5.07. The molecule has 0 saturated carbocycles. The summed E-state index contributed by atoms with van der Waals surface area (Å²) in [6.45, 7) is -0.0646. The van der Waals surface area contributed by atoms with Gasteiger partial charge in [0.1, 0.15) is 0 Å². The van der Waals surface area contributed by atoms with Gasteiger partial charge in [-0.3, -0.25) is 4.79 Å². The third-order valence-electron chi connectivity index (χ3n) is 4.79. The number of carbonyl (C=O) groups is 2. The molecule has 1 saturated heterocycles. The number of amides is 2. The monoisotopic (exact) mass is 424 g/mol. The van der Waals surface area contributed by atoms with Gasteiger partial charge in [0.25, 0.3) is 0 Å². The van der Waals surface area contributed by atoms with Crippen molar-refractivity contribution in [3.63, 3.8) is 0 Å². The van der Waals surface area contributed by atoms with Crippen molar-refractivity contribution >= 4 is 27.8 Å². The number of benzene rings is 1. The van der Waals surface area contributed by atoms with Crippen molar-refractivity contribution in [1.29, 1.82) is 0 Å². The first kappa shape index (κ1) is 20.8. The summed E-state index contributed by atoms with van der Waals surface area (Å²) in [6, 6.07) is 5.90. The maximum Gasteiger partial charge on any atom is 0.352 e. The summed E-state index contributed by atoms with van der Waals surface area (Å²) in [5, 5.41) is 5.72. The van der Waals surface area contributed by atoms with Crippen LogP contribution in [0.4, 0.5) is 19.3 Å². The number of aldehydes is 1. The summed E-state index contributed by atoms with van der Waals surface area (Å²) in [5.41, 5.74) is 0.0976. The quantitative estimate of drug-likeness (QED) is 0.739. The number of halogens is 2. The fourth-order valence-electron chi connectivity index (χ4n) is 3.17. The van der Waals surface area contributed by atoms with Crippen molar-refractivity contribution in [1.82, 2.24) is 15.1 Å². The number of likely N-dealkylation sites (tertiary alicyclic amines) is 1. The van der Waals surface area contributed by atoms with E-state index in [1.807, 2.05) is 0 Å². The van der Waals surface area contributed by atoms with E-state index < -0.39 is 31.9 Å². The van der Waals surface area contributed by atoms with E-state index in [9.17, 15) is 26.8 Å². The van der Waals surface area contributed by atoms with Crippen molar-refractivity contribution in [2.45, 2.75) is 23.0 Å². The first-order chi connectivity index (χ1) is 13.8. The molecule has 0 spiro atoms. The van der Waals surface area contributed by atoms with Crippen molar-refractivity contribution in [3.05, 3.63) is 48.3 Å². The molecule has 0 unspecified atom stereocenters. The molecule has 8 nitrogen and oxygen atoms in total. The van der Waals surface area contributed by atoms with Gasteiger partial charge in [0, 0.05) is 24.6 Å². The van der Waals surface area contributed by atoms with Crippen LogP contribution in [0, 0.1) is 5.92 Å². The average Bonchev–Trinajstić information content (AvgIpc) is 2.74. The van der Waals surface area contributed by atoms with Crippen LogP contribution in [0.5, 0.6) is 0 Å². The lowest BCUT2D eigenvalue weighted by Crippen LogP contribution is -2.47. The van der Waals surface area contributed by atoms with Crippen LogP contribution in [0.3, 0.4) is 0 Å². The van der Waals surface area contributed by atoms with Crippen LogP contribution in [0.1, 0.15) is 23.2 Å². The molecule has 0 bridgehead atoms. The van der Waals surface area contributed by atoms with E-state index in [4.69, 9.17) is 0 Å². The molecule has 1 N–H and O–H groups in total. The Morgan fingerprint density at radius 1 is 1.17 bits per heavy atom. The average molecular weight is 424 g/mol. The van der Waals surface area contributed by atoms with Gasteiger partial charge in [-0.2, -0.15) is 19.0 Å². The molecule has 1 aromatic heterocycles. The van der Waals surface area contributed by atoms with Gasteiger partial charge in [0.2, 0.25) is 9.84 Å². The number of alkyl halides is 2. The SMILES string of the molecule is O=Cc1ccccc1S(=O)(=O)C(F)(F)C1CCN(C(=O)Nc2ccnnc2)CC1. The maximum absolute atomic E-state index is 14.9. The molecule has 1 aliphatic heterocycles. The molecular weight excluding hydrogens is 406 g/mol. The zero-order valence-electron chi connectivity index (χ0n) is 15.2. The van der Waals surface area contributed by atoms with Crippen molar-refractivity contribution in [2.24, 2.45) is 5.92 Å². The Hall–Kier alpha value is -2.95. The zero-order valence-corrected chi connectivity index (χ0v) is 16.0. The highest BCUT2D eigenvalue weighted by atomic mass is 32.2. The largest absolute Gasteiger partial charge is 0.352 e. The number of aromatic nitrogens is 2. The first-order valence-corrected chi connectivity index (χ1v) is 10.2. The molecule has 0 radical (unpaired) electrons. The smallest absolute Gasteiger partial charge is 0.325 e. The van der Waals surface area contributed by atoms with Gasteiger partial charge in [-0.15, -0.1) is 0 Å². The number of carbonyl (C=O) groups excluding carboxylic acids is 2. The Kier molecular flexibility index (Phi) is 5.87.